The molecular weight excluding hydrogens is 204 g/mol. The van der Waals surface area contributed by atoms with E-state index in [-0.39, 0.29) is 6.61 Å². The van der Waals surface area contributed by atoms with Crippen molar-refractivity contribution in [2.24, 2.45) is 0 Å². The maximum absolute atomic E-state index is 8.90. The second kappa shape index (κ2) is 4.59. The van der Waals surface area contributed by atoms with Gasteiger partial charge in [0.05, 0.1) is 18.5 Å². The van der Waals surface area contributed by atoms with Gasteiger partial charge in [-0.25, -0.2) is 9.97 Å². The highest BCUT2D eigenvalue weighted by Gasteiger charge is 2.00. The van der Waals surface area contributed by atoms with Crippen molar-refractivity contribution in [3.63, 3.8) is 0 Å². The first-order valence-electron chi connectivity index (χ1n) is 4.82. The second-order valence-corrected chi connectivity index (χ2v) is 3.31. The number of nitrogen functional groups attached to an aromatic ring is 1. The average Bonchev–Trinajstić information content (AvgIpc) is 2.33. The molecule has 0 saturated heterocycles. The van der Waals surface area contributed by atoms with Gasteiger partial charge in [-0.05, 0) is 17.7 Å². The van der Waals surface area contributed by atoms with Gasteiger partial charge in [-0.3, -0.25) is 0 Å². The SMILES string of the molecule is Nc1cncnc1Nc1ccc(CO)cc1. The van der Waals surface area contributed by atoms with E-state index in [1.54, 1.807) is 0 Å². The topological polar surface area (TPSA) is 84.1 Å². The molecule has 1 aromatic carbocycles. The summed E-state index contributed by atoms with van der Waals surface area (Å²) in [6.45, 7) is 0.0376. The minimum Gasteiger partial charge on any atom is -0.394 e. The number of aliphatic hydroxyl groups excluding tert-OH is 1. The van der Waals surface area contributed by atoms with Crippen LogP contribution in [-0.4, -0.2) is 15.1 Å². The third kappa shape index (κ3) is 2.26. The Morgan fingerprint density at radius 2 is 2.00 bits per heavy atom. The number of nitrogens with two attached hydrogens (primary N) is 1. The molecule has 0 bridgehead atoms. The van der Waals surface area contributed by atoms with Crippen LogP contribution >= 0.6 is 0 Å². The fourth-order valence-corrected chi connectivity index (χ4v) is 1.28. The largest absolute Gasteiger partial charge is 0.394 e. The predicted octanol–water partition coefficient (Wildman–Crippen LogP) is 1.29. The van der Waals surface area contributed by atoms with E-state index in [1.165, 1.54) is 12.5 Å². The highest BCUT2D eigenvalue weighted by Crippen LogP contribution is 2.19. The third-order valence-corrected chi connectivity index (χ3v) is 2.14. The number of aliphatic hydroxyl groups is 1. The molecule has 2 aromatic rings. The zero-order chi connectivity index (χ0) is 11.4. The van der Waals surface area contributed by atoms with E-state index in [9.17, 15) is 0 Å². The fraction of sp³-hybridized carbons (Fsp3) is 0.0909. The Kier molecular flexibility index (Phi) is 2.98. The van der Waals surface area contributed by atoms with Gasteiger partial charge in [-0.1, -0.05) is 12.1 Å². The van der Waals surface area contributed by atoms with Crippen LogP contribution in [0.25, 0.3) is 0 Å². The van der Waals surface area contributed by atoms with Crippen LogP contribution in [0.15, 0.2) is 36.8 Å². The average molecular weight is 216 g/mol. The minimum atomic E-state index is 0.0376. The standard InChI is InChI=1S/C11H12N4O/c12-10-5-13-7-14-11(10)15-9-3-1-8(6-16)2-4-9/h1-5,7,16H,6,12H2,(H,13,14,15). The molecule has 0 unspecified atom stereocenters. The Labute approximate surface area is 93.0 Å². The molecule has 0 aliphatic heterocycles. The normalized spacial score (nSPS) is 10.1. The molecule has 4 N–H and O–H groups in total. The van der Waals surface area contributed by atoms with Gasteiger partial charge in [0, 0.05) is 5.69 Å². The van der Waals surface area contributed by atoms with Crippen molar-refractivity contribution in [2.45, 2.75) is 6.61 Å². The molecule has 2 rings (SSSR count). The molecule has 1 heterocycles. The van der Waals surface area contributed by atoms with Crippen LogP contribution in [0.5, 0.6) is 0 Å². The highest BCUT2D eigenvalue weighted by molar-refractivity contribution is 5.67. The summed E-state index contributed by atoms with van der Waals surface area (Å²) >= 11 is 0. The van der Waals surface area contributed by atoms with Gasteiger partial charge in [-0.2, -0.15) is 0 Å². The van der Waals surface area contributed by atoms with Crippen molar-refractivity contribution >= 4 is 17.2 Å². The molecule has 5 nitrogen and oxygen atoms in total. The molecule has 5 heteroatoms. The summed E-state index contributed by atoms with van der Waals surface area (Å²) in [7, 11) is 0. The number of aromatic nitrogens is 2. The molecule has 0 fully saturated rings. The second-order valence-electron chi connectivity index (χ2n) is 3.31. The zero-order valence-corrected chi connectivity index (χ0v) is 8.59. The zero-order valence-electron chi connectivity index (χ0n) is 8.59. The summed E-state index contributed by atoms with van der Waals surface area (Å²) in [6, 6.07) is 7.37. The number of hydrogen-bond donors (Lipinski definition) is 3. The number of nitrogens with one attached hydrogen (secondary N) is 1. The third-order valence-electron chi connectivity index (χ3n) is 2.14. The van der Waals surface area contributed by atoms with E-state index >= 15 is 0 Å². The van der Waals surface area contributed by atoms with Crippen molar-refractivity contribution < 1.29 is 5.11 Å². The summed E-state index contributed by atoms with van der Waals surface area (Å²) in [5, 5.41) is 12.0. The number of hydrogen-bond acceptors (Lipinski definition) is 5. The van der Waals surface area contributed by atoms with Crippen molar-refractivity contribution in [2.75, 3.05) is 11.1 Å². The molecule has 0 spiro atoms. The summed E-state index contributed by atoms with van der Waals surface area (Å²) in [4.78, 5) is 7.82. The van der Waals surface area contributed by atoms with Gasteiger partial charge in [0.2, 0.25) is 0 Å². The molecular formula is C11H12N4O. The lowest BCUT2D eigenvalue weighted by molar-refractivity contribution is 0.282. The first kappa shape index (κ1) is 10.4. The van der Waals surface area contributed by atoms with Crippen LogP contribution in [0.3, 0.4) is 0 Å². The van der Waals surface area contributed by atoms with E-state index in [1.807, 2.05) is 24.3 Å². The highest BCUT2D eigenvalue weighted by atomic mass is 16.3. The summed E-state index contributed by atoms with van der Waals surface area (Å²) in [6.07, 6.45) is 2.97. The molecule has 0 amide bonds. The number of anilines is 3. The smallest absolute Gasteiger partial charge is 0.157 e. The van der Waals surface area contributed by atoms with Crippen molar-refractivity contribution in [1.82, 2.24) is 9.97 Å². The van der Waals surface area contributed by atoms with E-state index < -0.39 is 0 Å². The first-order valence-corrected chi connectivity index (χ1v) is 4.82. The molecule has 0 radical (unpaired) electrons. The maximum atomic E-state index is 8.90. The molecule has 82 valence electrons. The van der Waals surface area contributed by atoms with Crippen molar-refractivity contribution in [3.05, 3.63) is 42.4 Å². The Balaban J connectivity index is 2.18. The van der Waals surface area contributed by atoms with Crippen LogP contribution in [-0.2, 0) is 6.61 Å². The van der Waals surface area contributed by atoms with Crippen LogP contribution in [0.1, 0.15) is 5.56 Å². The van der Waals surface area contributed by atoms with Crippen LogP contribution in [0.2, 0.25) is 0 Å². The molecule has 0 saturated carbocycles. The monoisotopic (exact) mass is 216 g/mol. The van der Waals surface area contributed by atoms with Crippen LogP contribution < -0.4 is 11.1 Å². The molecule has 16 heavy (non-hydrogen) atoms. The molecule has 0 atom stereocenters. The lowest BCUT2D eigenvalue weighted by atomic mass is 10.2. The van der Waals surface area contributed by atoms with E-state index in [2.05, 4.69) is 15.3 Å². The van der Waals surface area contributed by atoms with E-state index in [0.717, 1.165) is 11.3 Å². The fourth-order valence-electron chi connectivity index (χ4n) is 1.28. The van der Waals surface area contributed by atoms with Crippen molar-refractivity contribution in [3.8, 4) is 0 Å². The van der Waals surface area contributed by atoms with E-state index in [0.29, 0.717) is 11.5 Å². The Morgan fingerprint density at radius 1 is 1.25 bits per heavy atom. The van der Waals surface area contributed by atoms with Crippen LogP contribution in [0.4, 0.5) is 17.2 Å². The number of rotatable bonds is 3. The Hall–Kier alpha value is -2.14. The molecule has 1 aromatic heterocycles. The number of nitrogens with zero attached hydrogens (tertiary/aromatic N) is 2. The summed E-state index contributed by atoms with van der Waals surface area (Å²) in [5.41, 5.74) is 7.92. The lowest BCUT2D eigenvalue weighted by Gasteiger charge is -2.07. The van der Waals surface area contributed by atoms with Gasteiger partial charge in [0.1, 0.15) is 6.33 Å². The van der Waals surface area contributed by atoms with Gasteiger partial charge >= 0.3 is 0 Å². The van der Waals surface area contributed by atoms with Crippen molar-refractivity contribution in [1.29, 1.82) is 0 Å². The maximum Gasteiger partial charge on any atom is 0.157 e. The minimum absolute atomic E-state index is 0.0376. The number of benzene rings is 1. The van der Waals surface area contributed by atoms with Gasteiger partial charge in [-0.15, -0.1) is 0 Å². The molecule has 0 aliphatic rings. The van der Waals surface area contributed by atoms with Gasteiger partial charge < -0.3 is 16.2 Å². The lowest BCUT2D eigenvalue weighted by Crippen LogP contribution is -1.99. The summed E-state index contributed by atoms with van der Waals surface area (Å²) in [5.74, 6) is 0.576. The van der Waals surface area contributed by atoms with Gasteiger partial charge in [0.15, 0.2) is 5.82 Å². The summed E-state index contributed by atoms with van der Waals surface area (Å²) < 4.78 is 0. The Bertz CT molecular complexity index is 470. The Morgan fingerprint density at radius 3 is 2.62 bits per heavy atom. The van der Waals surface area contributed by atoms with Crippen LogP contribution in [0, 0.1) is 0 Å². The predicted molar refractivity (Wildman–Crippen MR) is 62.1 cm³/mol. The van der Waals surface area contributed by atoms with Gasteiger partial charge in [0.25, 0.3) is 0 Å². The molecule has 0 aliphatic carbocycles. The quantitative estimate of drug-likeness (QED) is 0.720. The first-order chi connectivity index (χ1) is 7.79. The van der Waals surface area contributed by atoms with E-state index in [4.69, 9.17) is 10.8 Å².